The van der Waals surface area contributed by atoms with Gasteiger partial charge in [-0.1, -0.05) is 26.8 Å². The van der Waals surface area contributed by atoms with Gasteiger partial charge in [-0.15, -0.1) is 0 Å². The zero-order valence-electron chi connectivity index (χ0n) is 8.13. The van der Waals surface area contributed by atoms with Crippen molar-refractivity contribution in [2.24, 2.45) is 0 Å². The van der Waals surface area contributed by atoms with Crippen molar-refractivity contribution in [3.8, 4) is 0 Å². The lowest BCUT2D eigenvalue weighted by Crippen LogP contribution is -2.17. The summed E-state index contributed by atoms with van der Waals surface area (Å²) < 4.78 is 21.2. The Morgan fingerprint density at radius 2 is 1.83 bits per heavy atom. The number of nitrogens with one attached hydrogen (secondary N) is 1. The van der Waals surface area contributed by atoms with Crippen molar-refractivity contribution in [1.29, 1.82) is 0 Å². The van der Waals surface area contributed by atoms with Crippen LogP contribution in [-0.2, 0) is 9.84 Å². The SMILES string of the molecule is C=CS(=O)(=O)CCNC.CCC. The average molecular weight is 193 g/mol. The van der Waals surface area contributed by atoms with E-state index in [1.54, 1.807) is 7.05 Å². The van der Waals surface area contributed by atoms with E-state index in [0.717, 1.165) is 5.41 Å². The quantitative estimate of drug-likeness (QED) is 0.729. The van der Waals surface area contributed by atoms with Crippen molar-refractivity contribution >= 4 is 9.84 Å². The van der Waals surface area contributed by atoms with Gasteiger partial charge in [0.15, 0.2) is 9.84 Å². The Bertz CT molecular complexity index is 185. The second-order valence-corrected chi connectivity index (χ2v) is 4.41. The van der Waals surface area contributed by atoms with Gasteiger partial charge in [-0.25, -0.2) is 8.42 Å². The third kappa shape index (κ3) is 12.3. The highest BCUT2D eigenvalue weighted by atomic mass is 32.2. The van der Waals surface area contributed by atoms with Crippen LogP contribution in [0.15, 0.2) is 12.0 Å². The Balaban J connectivity index is 0. The lowest BCUT2D eigenvalue weighted by Gasteiger charge is -1.94. The monoisotopic (exact) mass is 193 g/mol. The van der Waals surface area contributed by atoms with Crippen LogP contribution >= 0.6 is 0 Å². The van der Waals surface area contributed by atoms with Crippen molar-refractivity contribution in [2.45, 2.75) is 20.3 Å². The van der Waals surface area contributed by atoms with Gasteiger partial charge in [-0.2, -0.15) is 0 Å². The first-order valence-corrected chi connectivity index (χ1v) is 5.75. The van der Waals surface area contributed by atoms with E-state index in [0.29, 0.717) is 6.54 Å². The van der Waals surface area contributed by atoms with Crippen LogP contribution in [0.1, 0.15) is 20.3 Å². The molecule has 0 aliphatic rings. The molecule has 3 nitrogen and oxygen atoms in total. The van der Waals surface area contributed by atoms with Crippen molar-refractivity contribution in [2.75, 3.05) is 19.3 Å². The molecule has 0 aromatic carbocycles. The molecule has 74 valence electrons. The molecule has 0 saturated carbocycles. The molecule has 0 rings (SSSR count). The van der Waals surface area contributed by atoms with Crippen molar-refractivity contribution in [1.82, 2.24) is 5.32 Å². The highest BCUT2D eigenvalue weighted by molar-refractivity contribution is 7.94. The fraction of sp³-hybridized carbons (Fsp3) is 0.750. The van der Waals surface area contributed by atoms with E-state index < -0.39 is 9.84 Å². The van der Waals surface area contributed by atoms with E-state index in [9.17, 15) is 8.42 Å². The van der Waals surface area contributed by atoms with Gasteiger partial charge in [0.25, 0.3) is 0 Å². The van der Waals surface area contributed by atoms with E-state index in [1.807, 2.05) is 0 Å². The fourth-order valence-corrected chi connectivity index (χ4v) is 0.983. The second kappa shape index (κ2) is 8.74. The molecule has 0 unspecified atom stereocenters. The molecule has 0 saturated heterocycles. The van der Waals surface area contributed by atoms with Gasteiger partial charge < -0.3 is 5.32 Å². The molecule has 0 radical (unpaired) electrons. The average Bonchev–Trinajstić information content (AvgIpc) is 2.03. The van der Waals surface area contributed by atoms with E-state index in [1.165, 1.54) is 6.42 Å². The fourth-order valence-electron chi connectivity index (χ4n) is 0.328. The molecule has 12 heavy (non-hydrogen) atoms. The summed E-state index contributed by atoms with van der Waals surface area (Å²) in [4.78, 5) is 0. The van der Waals surface area contributed by atoms with Crippen LogP contribution in [0, 0.1) is 0 Å². The van der Waals surface area contributed by atoms with Gasteiger partial charge >= 0.3 is 0 Å². The van der Waals surface area contributed by atoms with Crippen LogP contribution in [0.5, 0.6) is 0 Å². The van der Waals surface area contributed by atoms with Gasteiger partial charge in [-0.3, -0.25) is 0 Å². The van der Waals surface area contributed by atoms with Gasteiger partial charge in [0.2, 0.25) is 0 Å². The molecule has 0 amide bonds. The Morgan fingerprint density at radius 1 is 1.42 bits per heavy atom. The summed E-state index contributed by atoms with van der Waals surface area (Å²) in [6, 6.07) is 0. The molecular weight excluding hydrogens is 174 g/mol. The van der Waals surface area contributed by atoms with Crippen molar-refractivity contribution < 1.29 is 8.42 Å². The number of rotatable bonds is 4. The lowest BCUT2D eigenvalue weighted by atomic mass is 10.6. The minimum absolute atomic E-state index is 0.132. The maximum Gasteiger partial charge on any atom is 0.172 e. The largest absolute Gasteiger partial charge is 0.319 e. The molecule has 0 aromatic rings. The maximum atomic E-state index is 10.6. The summed E-state index contributed by atoms with van der Waals surface area (Å²) in [5.74, 6) is 0.132. The normalized spacial score (nSPS) is 9.92. The summed E-state index contributed by atoms with van der Waals surface area (Å²) >= 11 is 0. The maximum absolute atomic E-state index is 10.6. The number of hydrogen-bond donors (Lipinski definition) is 1. The Labute approximate surface area is 75.8 Å². The minimum Gasteiger partial charge on any atom is -0.319 e. The molecule has 0 spiro atoms. The minimum atomic E-state index is -2.98. The molecule has 0 fully saturated rings. The molecule has 0 atom stereocenters. The summed E-state index contributed by atoms with van der Waals surface area (Å²) in [5, 5.41) is 3.71. The zero-order valence-corrected chi connectivity index (χ0v) is 8.95. The van der Waals surface area contributed by atoms with Gasteiger partial charge in [-0.05, 0) is 7.05 Å². The molecule has 1 N–H and O–H groups in total. The highest BCUT2D eigenvalue weighted by Crippen LogP contribution is 1.86. The third-order valence-corrected chi connectivity index (χ3v) is 2.17. The molecule has 0 aliphatic carbocycles. The molecular formula is C8H19NO2S. The van der Waals surface area contributed by atoms with Gasteiger partial charge in [0.05, 0.1) is 5.75 Å². The van der Waals surface area contributed by atoms with E-state index in [-0.39, 0.29) is 5.75 Å². The van der Waals surface area contributed by atoms with E-state index >= 15 is 0 Å². The standard InChI is InChI=1S/C5H11NO2S.C3H8/c1-3-9(7,8)5-4-6-2;1-3-2/h3,6H,1,4-5H2,2H3;3H2,1-2H3. The first kappa shape index (κ1) is 14.2. The summed E-state index contributed by atoms with van der Waals surface area (Å²) in [6.45, 7) is 7.90. The third-order valence-electron chi connectivity index (χ3n) is 0.891. The van der Waals surface area contributed by atoms with Crippen LogP contribution < -0.4 is 5.32 Å². The highest BCUT2D eigenvalue weighted by Gasteiger charge is 2.00. The molecule has 0 aromatic heterocycles. The Hall–Kier alpha value is -0.350. The first-order valence-electron chi connectivity index (χ1n) is 4.03. The summed E-state index contributed by atoms with van der Waals surface area (Å²) in [6.07, 6.45) is 1.25. The number of hydrogen-bond acceptors (Lipinski definition) is 3. The number of sulfone groups is 1. The van der Waals surface area contributed by atoms with Crippen molar-refractivity contribution in [3.05, 3.63) is 12.0 Å². The van der Waals surface area contributed by atoms with Gasteiger partial charge in [0.1, 0.15) is 0 Å². The molecule has 0 bridgehead atoms. The van der Waals surface area contributed by atoms with Crippen LogP contribution in [0.3, 0.4) is 0 Å². The zero-order chi connectivity index (χ0) is 10.0. The van der Waals surface area contributed by atoms with Crippen LogP contribution in [-0.4, -0.2) is 27.8 Å². The van der Waals surface area contributed by atoms with Crippen LogP contribution in [0.2, 0.25) is 0 Å². The van der Waals surface area contributed by atoms with Gasteiger partial charge in [0, 0.05) is 12.0 Å². The van der Waals surface area contributed by atoms with Crippen LogP contribution in [0.25, 0.3) is 0 Å². The summed E-state index contributed by atoms with van der Waals surface area (Å²) in [7, 11) is -1.27. The summed E-state index contributed by atoms with van der Waals surface area (Å²) in [5.41, 5.74) is 0. The van der Waals surface area contributed by atoms with E-state index in [4.69, 9.17) is 0 Å². The predicted octanol–water partition coefficient (Wildman–Crippen LogP) is 1.18. The smallest absolute Gasteiger partial charge is 0.172 e. The topological polar surface area (TPSA) is 46.2 Å². The Morgan fingerprint density at radius 3 is 2.08 bits per heavy atom. The Kier molecular flexibility index (Phi) is 10.3. The van der Waals surface area contributed by atoms with Crippen LogP contribution in [0.4, 0.5) is 0 Å². The first-order chi connectivity index (χ1) is 5.54. The van der Waals surface area contributed by atoms with E-state index in [2.05, 4.69) is 25.7 Å². The van der Waals surface area contributed by atoms with Crippen molar-refractivity contribution in [3.63, 3.8) is 0 Å². The molecule has 4 heteroatoms. The lowest BCUT2D eigenvalue weighted by molar-refractivity contribution is 0.602. The molecule has 0 aliphatic heterocycles. The predicted molar refractivity (Wildman–Crippen MR) is 53.9 cm³/mol. The second-order valence-electron chi connectivity index (χ2n) is 2.34. The molecule has 0 heterocycles.